The molecule has 2 rings (SSSR count). The Balaban J connectivity index is 2.00. The Kier molecular flexibility index (Phi) is 4.86. The van der Waals surface area contributed by atoms with Crippen LogP contribution in [0.4, 0.5) is 0 Å². The Morgan fingerprint density at radius 3 is 2.74 bits per heavy atom. The summed E-state index contributed by atoms with van der Waals surface area (Å²) in [5.41, 5.74) is 2.27. The first-order valence-corrected chi connectivity index (χ1v) is 7.19. The van der Waals surface area contributed by atoms with Crippen molar-refractivity contribution in [1.29, 1.82) is 0 Å². The van der Waals surface area contributed by atoms with Crippen molar-refractivity contribution in [3.8, 4) is 5.75 Å². The number of phenols is 1. The largest absolute Gasteiger partial charge is 0.506 e. The Morgan fingerprint density at radius 1 is 1.26 bits per heavy atom. The predicted octanol–water partition coefficient (Wildman–Crippen LogP) is 4.66. The molecule has 0 aliphatic carbocycles. The molecule has 100 valence electrons. The average molecular weight is 341 g/mol. The number of phenolic OH excluding ortho intramolecular Hbond substituents is 1. The Morgan fingerprint density at radius 2 is 2.05 bits per heavy atom. The van der Waals surface area contributed by atoms with Crippen LogP contribution in [0.25, 0.3) is 0 Å². The van der Waals surface area contributed by atoms with Crippen molar-refractivity contribution in [2.24, 2.45) is 0 Å². The second-order valence-electron chi connectivity index (χ2n) is 4.44. The fourth-order valence-electron chi connectivity index (χ4n) is 1.83. The maximum absolute atomic E-state index is 9.37. The van der Waals surface area contributed by atoms with Crippen molar-refractivity contribution >= 4 is 27.5 Å². The summed E-state index contributed by atoms with van der Waals surface area (Å²) in [6, 6.07) is 13.7. The molecule has 2 N–H and O–H groups in total. The highest BCUT2D eigenvalue weighted by molar-refractivity contribution is 9.10. The molecule has 0 aromatic heterocycles. The van der Waals surface area contributed by atoms with Gasteiger partial charge < -0.3 is 10.4 Å². The van der Waals surface area contributed by atoms with Crippen molar-refractivity contribution < 1.29 is 5.11 Å². The van der Waals surface area contributed by atoms with E-state index >= 15 is 0 Å². The Bertz CT molecular complexity index is 574. The number of hydrogen-bond acceptors (Lipinski definition) is 2. The number of rotatable bonds is 4. The molecule has 0 aliphatic rings. The molecule has 0 saturated heterocycles. The summed E-state index contributed by atoms with van der Waals surface area (Å²) < 4.78 is 1.08. The van der Waals surface area contributed by atoms with Gasteiger partial charge in [0.2, 0.25) is 0 Å². The van der Waals surface area contributed by atoms with Crippen LogP contribution in [0.3, 0.4) is 0 Å². The van der Waals surface area contributed by atoms with E-state index in [1.165, 1.54) is 5.56 Å². The molecule has 0 amide bonds. The fourth-order valence-corrected chi connectivity index (χ4v) is 2.45. The molecule has 0 unspecified atom stereocenters. The van der Waals surface area contributed by atoms with E-state index in [1.807, 2.05) is 18.2 Å². The van der Waals surface area contributed by atoms with Crippen LogP contribution in [0.5, 0.6) is 5.75 Å². The summed E-state index contributed by atoms with van der Waals surface area (Å²) in [7, 11) is 0. The van der Waals surface area contributed by atoms with Crippen LogP contribution in [0, 0.1) is 0 Å². The van der Waals surface area contributed by atoms with E-state index in [1.54, 1.807) is 12.1 Å². The van der Waals surface area contributed by atoms with Crippen LogP contribution in [0.15, 0.2) is 46.9 Å². The molecule has 0 heterocycles. The highest BCUT2D eigenvalue weighted by Crippen LogP contribution is 2.24. The maximum atomic E-state index is 9.37. The molecule has 4 heteroatoms. The Hall–Kier alpha value is -1.03. The van der Waals surface area contributed by atoms with E-state index < -0.39 is 0 Å². The topological polar surface area (TPSA) is 32.3 Å². The molecule has 0 spiro atoms. The summed E-state index contributed by atoms with van der Waals surface area (Å²) in [5.74, 6) is 0.116. The monoisotopic (exact) mass is 339 g/mol. The van der Waals surface area contributed by atoms with Crippen LogP contribution in [-0.2, 0) is 6.54 Å². The molecule has 0 bridgehead atoms. The molecule has 0 aliphatic heterocycles. The molecule has 1 atom stereocenters. The minimum atomic E-state index is 0.116. The third-order valence-corrected chi connectivity index (χ3v) is 3.77. The lowest BCUT2D eigenvalue weighted by Crippen LogP contribution is -2.18. The minimum Gasteiger partial charge on any atom is -0.506 e. The van der Waals surface area contributed by atoms with Gasteiger partial charge in [-0.3, -0.25) is 0 Å². The summed E-state index contributed by atoms with van der Waals surface area (Å²) in [6.45, 7) is 2.82. The van der Waals surface area contributed by atoms with Crippen molar-refractivity contribution in [3.63, 3.8) is 0 Å². The lowest BCUT2D eigenvalue weighted by Gasteiger charge is -2.15. The molecular formula is C15H15BrClNO. The van der Waals surface area contributed by atoms with Crippen molar-refractivity contribution in [2.45, 2.75) is 19.5 Å². The lowest BCUT2D eigenvalue weighted by molar-refractivity contribution is 0.475. The summed E-state index contributed by atoms with van der Waals surface area (Å²) >= 11 is 9.35. The van der Waals surface area contributed by atoms with Gasteiger partial charge in [0.05, 0.1) is 5.02 Å². The first-order valence-electron chi connectivity index (χ1n) is 6.02. The SMILES string of the molecule is C[C@H](NCc1ccc(O)c(Cl)c1)c1cccc(Br)c1. The van der Waals surface area contributed by atoms with Crippen LogP contribution in [0.2, 0.25) is 5.02 Å². The van der Waals surface area contributed by atoms with Crippen molar-refractivity contribution in [2.75, 3.05) is 0 Å². The van der Waals surface area contributed by atoms with Gasteiger partial charge in [-0.25, -0.2) is 0 Å². The van der Waals surface area contributed by atoms with Gasteiger partial charge in [0.15, 0.2) is 0 Å². The van der Waals surface area contributed by atoms with E-state index in [0.29, 0.717) is 11.6 Å². The number of halogens is 2. The second kappa shape index (κ2) is 6.42. The van der Waals surface area contributed by atoms with E-state index in [0.717, 1.165) is 10.0 Å². The van der Waals surface area contributed by atoms with Crippen LogP contribution >= 0.6 is 27.5 Å². The van der Waals surface area contributed by atoms with Gasteiger partial charge in [0, 0.05) is 17.1 Å². The van der Waals surface area contributed by atoms with Crippen LogP contribution < -0.4 is 5.32 Å². The molecule has 0 fully saturated rings. The fraction of sp³-hybridized carbons (Fsp3) is 0.200. The van der Waals surface area contributed by atoms with Gasteiger partial charge in [-0.2, -0.15) is 0 Å². The van der Waals surface area contributed by atoms with Gasteiger partial charge in [-0.15, -0.1) is 0 Å². The smallest absolute Gasteiger partial charge is 0.134 e. The normalized spacial score (nSPS) is 12.4. The standard InChI is InChI=1S/C15H15BrClNO/c1-10(12-3-2-4-13(16)8-12)18-9-11-5-6-15(19)14(17)7-11/h2-8,10,18-19H,9H2,1H3/t10-/m0/s1. The first-order chi connectivity index (χ1) is 9.06. The molecule has 19 heavy (non-hydrogen) atoms. The number of benzene rings is 2. The molecular weight excluding hydrogens is 326 g/mol. The summed E-state index contributed by atoms with van der Waals surface area (Å²) in [6.07, 6.45) is 0. The zero-order valence-electron chi connectivity index (χ0n) is 10.5. The van der Waals surface area contributed by atoms with Gasteiger partial charge in [-0.1, -0.05) is 45.7 Å². The average Bonchev–Trinajstić information content (AvgIpc) is 2.40. The number of aromatic hydroxyl groups is 1. The van der Waals surface area contributed by atoms with E-state index in [2.05, 4.69) is 40.3 Å². The number of nitrogens with one attached hydrogen (secondary N) is 1. The van der Waals surface area contributed by atoms with Gasteiger partial charge in [-0.05, 0) is 42.3 Å². The van der Waals surface area contributed by atoms with Gasteiger partial charge >= 0.3 is 0 Å². The quantitative estimate of drug-likeness (QED) is 0.848. The van der Waals surface area contributed by atoms with Crippen molar-refractivity contribution in [1.82, 2.24) is 5.32 Å². The minimum absolute atomic E-state index is 0.116. The van der Waals surface area contributed by atoms with E-state index in [9.17, 15) is 5.11 Å². The first kappa shape index (κ1) is 14.4. The van der Waals surface area contributed by atoms with Crippen LogP contribution in [-0.4, -0.2) is 5.11 Å². The molecule has 2 aromatic carbocycles. The molecule has 0 saturated carbocycles. The Labute approximate surface area is 126 Å². The third kappa shape index (κ3) is 3.96. The molecule has 2 nitrogen and oxygen atoms in total. The molecule has 0 radical (unpaired) electrons. The van der Waals surface area contributed by atoms with Gasteiger partial charge in [0.25, 0.3) is 0 Å². The van der Waals surface area contributed by atoms with Gasteiger partial charge in [0.1, 0.15) is 5.75 Å². The van der Waals surface area contributed by atoms with E-state index in [-0.39, 0.29) is 11.8 Å². The van der Waals surface area contributed by atoms with E-state index in [4.69, 9.17) is 11.6 Å². The highest BCUT2D eigenvalue weighted by atomic mass is 79.9. The third-order valence-electron chi connectivity index (χ3n) is 2.97. The zero-order chi connectivity index (χ0) is 13.8. The summed E-state index contributed by atoms with van der Waals surface area (Å²) in [5, 5.41) is 13.2. The lowest BCUT2D eigenvalue weighted by atomic mass is 10.1. The predicted molar refractivity (Wildman–Crippen MR) is 82.5 cm³/mol. The van der Waals surface area contributed by atoms with Crippen LogP contribution in [0.1, 0.15) is 24.1 Å². The maximum Gasteiger partial charge on any atom is 0.134 e. The van der Waals surface area contributed by atoms with Crippen molar-refractivity contribution in [3.05, 3.63) is 63.1 Å². The highest BCUT2D eigenvalue weighted by Gasteiger charge is 2.06. The zero-order valence-corrected chi connectivity index (χ0v) is 12.9. The summed E-state index contributed by atoms with van der Waals surface area (Å²) in [4.78, 5) is 0. The number of hydrogen-bond donors (Lipinski definition) is 2. The molecule has 2 aromatic rings. The second-order valence-corrected chi connectivity index (χ2v) is 5.77.